The highest BCUT2D eigenvalue weighted by Crippen LogP contribution is 2.22. The SMILES string of the molecule is CCc1cnc(N(CC)CC)nc1N[C@@H](Cc1ccc(-n2c(=O)[nH]c3cccnc32)cc1)C(=O)OC(C)(C)C. The summed E-state index contributed by atoms with van der Waals surface area (Å²) in [5, 5.41) is 3.37. The number of anilines is 2. The van der Waals surface area contributed by atoms with E-state index in [9.17, 15) is 9.59 Å². The van der Waals surface area contributed by atoms with E-state index in [0.717, 1.165) is 24.2 Å². The molecule has 39 heavy (non-hydrogen) atoms. The number of ether oxygens (including phenoxy) is 1. The zero-order chi connectivity index (χ0) is 28.2. The van der Waals surface area contributed by atoms with Crippen LogP contribution in [0, 0.1) is 0 Å². The Morgan fingerprint density at radius 3 is 2.46 bits per heavy atom. The Hall–Kier alpha value is -4.21. The summed E-state index contributed by atoms with van der Waals surface area (Å²) >= 11 is 0. The molecule has 10 nitrogen and oxygen atoms in total. The molecule has 4 rings (SSSR count). The lowest BCUT2D eigenvalue weighted by atomic mass is 10.0. The number of esters is 1. The Balaban J connectivity index is 1.64. The van der Waals surface area contributed by atoms with Crippen LogP contribution in [0.3, 0.4) is 0 Å². The van der Waals surface area contributed by atoms with Gasteiger partial charge in [0.05, 0.1) is 11.2 Å². The zero-order valence-corrected chi connectivity index (χ0v) is 23.5. The number of hydrogen-bond donors (Lipinski definition) is 2. The molecule has 0 spiro atoms. The maximum absolute atomic E-state index is 13.3. The fourth-order valence-corrected chi connectivity index (χ4v) is 4.37. The van der Waals surface area contributed by atoms with Crippen LogP contribution in [-0.2, 0) is 22.4 Å². The molecule has 206 valence electrons. The minimum absolute atomic E-state index is 0.260. The third-order valence-electron chi connectivity index (χ3n) is 6.36. The van der Waals surface area contributed by atoms with Gasteiger partial charge < -0.3 is 19.9 Å². The molecule has 0 unspecified atom stereocenters. The van der Waals surface area contributed by atoms with E-state index in [-0.39, 0.29) is 11.7 Å². The summed E-state index contributed by atoms with van der Waals surface area (Å²) in [7, 11) is 0. The quantitative estimate of drug-likeness (QED) is 0.291. The number of aromatic amines is 1. The van der Waals surface area contributed by atoms with E-state index in [1.54, 1.807) is 12.3 Å². The summed E-state index contributed by atoms with van der Waals surface area (Å²) < 4.78 is 7.30. The molecule has 0 aliphatic rings. The molecule has 4 aromatic rings. The predicted octanol–water partition coefficient (Wildman–Crippen LogP) is 4.28. The Labute approximate surface area is 228 Å². The smallest absolute Gasteiger partial charge is 0.332 e. The van der Waals surface area contributed by atoms with Gasteiger partial charge in [-0.05, 0) is 70.9 Å². The third-order valence-corrected chi connectivity index (χ3v) is 6.36. The molecule has 0 radical (unpaired) electrons. The number of rotatable bonds is 10. The summed E-state index contributed by atoms with van der Waals surface area (Å²) in [6.45, 7) is 13.3. The van der Waals surface area contributed by atoms with E-state index in [1.807, 2.05) is 64.2 Å². The van der Waals surface area contributed by atoms with Gasteiger partial charge in [-0.2, -0.15) is 4.98 Å². The van der Waals surface area contributed by atoms with Crippen LogP contribution in [-0.4, -0.2) is 55.2 Å². The van der Waals surface area contributed by atoms with E-state index >= 15 is 0 Å². The number of carbonyl (C=O) groups is 1. The second-order valence-electron chi connectivity index (χ2n) is 10.3. The molecular formula is C29H37N7O3. The summed E-state index contributed by atoms with van der Waals surface area (Å²) in [4.78, 5) is 44.5. The van der Waals surface area contributed by atoms with Gasteiger partial charge in [0.2, 0.25) is 5.95 Å². The molecule has 0 fully saturated rings. The van der Waals surface area contributed by atoms with Crippen molar-refractivity contribution in [2.45, 2.75) is 66.0 Å². The van der Waals surface area contributed by atoms with Gasteiger partial charge in [0.25, 0.3) is 0 Å². The van der Waals surface area contributed by atoms with E-state index < -0.39 is 11.6 Å². The van der Waals surface area contributed by atoms with Gasteiger partial charge in [0.15, 0.2) is 5.65 Å². The number of carbonyl (C=O) groups excluding carboxylic acids is 1. The van der Waals surface area contributed by atoms with Crippen molar-refractivity contribution in [3.05, 3.63) is 70.4 Å². The van der Waals surface area contributed by atoms with Crippen LogP contribution in [0.4, 0.5) is 11.8 Å². The first kappa shape index (κ1) is 27.8. The van der Waals surface area contributed by atoms with Crippen molar-refractivity contribution in [3.63, 3.8) is 0 Å². The largest absolute Gasteiger partial charge is 0.458 e. The maximum atomic E-state index is 13.3. The van der Waals surface area contributed by atoms with E-state index in [2.05, 4.69) is 39.0 Å². The molecule has 1 atom stereocenters. The molecule has 0 aliphatic heterocycles. The monoisotopic (exact) mass is 531 g/mol. The van der Waals surface area contributed by atoms with Crippen molar-refractivity contribution >= 4 is 28.9 Å². The van der Waals surface area contributed by atoms with Crippen LogP contribution in [0.1, 0.15) is 52.7 Å². The first-order valence-electron chi connectivity index (χ1n) is 13.4. The Kier molecular flexibility index (Phi) is 8.32. The predicted molar refractivity (Wildman–Crippen MR) is 154 cm³/mol. The van der Waals surface area contributed by atoms with Gasteiger partial charge in [-0.3, -0.25) is 0 Å². The zero-order valence-electron chi connectivity index (χ0n) is 23.5. The fourth-order valence-electron chi connectivity index (χ4n) is 4.37. The summed E-state index contributed by atoms with van der Waals surface area (Å²) in [6, 6.07) is 10.4. The minimum Gasteiger partial charge on any atom is -0.458 e. The highest BCUT2D eigenvalue weighted by molar-refractivity contribution is 5.80. The van der Waals surface area contributed by atoms with Gasteiger partial charge >= 0.3 is 11.7 Å². The van der Waals surface area contributed by atoms with Gasteiger partial charge in [-0.1, -0.05) is 19.1 Å². The molecule has 3 aromatic heterocycles. The highest BCUT2D eigenvalue weighted by atomic mass is 16.6. The van der Waals surface area contributed by atoms with Gasteiger partial charge in [0, 0.05) is 37.5 Å². The number of nitrogens with one attached hydrogen (secondary N) is 2. The molecule has 3 heterocycles. The number of benzene rings is 1. The summed E-state index contributed by atoms with van der Waals surface area (Å²) in [5.74, 6) is 0.872. The van der Waals surface area contributed by atoms with Crippen LogP contribution in [0.15, 0.2) is 53.6 Å². The molecule has 10 heteroatoms. The van der Waals surface area contributed by atoms with Crippen LogP contribution in [0.2, 0.25) is 0 Å². The number of nitrogens with zero attached hydrogens (tertiary/aromatic N) is 5. The Bertz CT molecular complexity index is 1480. The molecule has 0 aliphatic carbocycles. The van der Waals surface area contributed by atoms with E-state index in [0.29, 0.717) is 41.5 Å². The normalized spacial score (nSPS) is 12.4. The Morgan fingerprint density at radius 1 is 1.10 bits per heavy atom. The van der Waals surface area contributed by atoms with Crippen molar-refractivity contribution in [1.29, 1.82) is 0 Å². The van der Waals surface area contributed by atoms with Gasteiger partial charge in [-0.25, -0.2) is 24.1 Å². The number of fused-ring (bicyclic) bond motifs is 1. The lowest BCUT2D eigenvalue weighted by molar-refractivity contribution is -0.155. The molecule has 1 aromatic carbocycles. The first-order chi connectivity index (χ1) is 18.6. The number of imidazole rings is 1. The van der Waals surface area contributed by atoms with Crippen molar-refractivity contribution in [1.82, 2.24) is 24.5 Å². The Morgan fingerprint density at radius 2 is 1.82 bits per heavy atom. The first-order valence-corrected chi connectivity index (χ1v) is 13.4. The average molecular weight is 532 g/mol. The number of aromatic nitrogens is 5. The van der Waals surface area contributed by atoms with Crippen molar-refractivity contribution in [2.24, 2.45) is 0 Å². The standard InChI is InChI=1S/C29H37N7O3/c1-7-20-18-31-27(35(8-2)9-3)34-24(20)32-23(26(37)39-29(4,5)6)17-19-12-14-21(15-13-19)36-25-22(33-28(36)38)11-10-16-30-25/h10-16,18,23H,7-9,17H2,1-6H3,(H,33,38)(H,31,32,34)/t23-/m0/s1. The summed E-state index contributed by atoms with van der Waals surface area (Å²) in [5.41, 5.74) is 2.83. The second-order valence-corrected chi connectivity index (χ2v) is 10.3. The third kappa shape index (κ3) is 6.45. The van der Waals surface area contributed by atoms with Crippen molar-refractivity contribution < 1.29 is 9.53 Å². The van der Waals surface area contributed by atoms with E-state index in [4.69, 9.17) is 9.72 Å². The van der Waals surface area contributed by atoms with Crippen LogP contribution >= 0.6 is 0 Å². The second kappa shape index (κ2) is 11.7. The van der Waals surface area contributed by atoms with E-state index in [1.165, 1.54) is 4.57 Å². The fraction of sp³-hybridized carbons (Fsp3) is 0.414. The van der Waals surface area contributed by atoms with Crippen LogP contribution in [0.25, 0.3) is 16.9 Å². The molecule has 0 saturated heterocycles. The molecule has 2 N–H and O–H groups in total. The molecule has 0 bridgehead atoms. The number of hydrogen-bond acceptors (Lipinski definition) is 8. The van der Waals surface area contributed by atoms with Crippen LogP contribution in [0.5, 0.6) is 0 Å². The van der Waals surface area contributed by atoms with Gasteiger partial charge in [0.1, 0.15) is 17.5 Å². The maximum Gasteiger partial charge on any atom is 0.332 e. The number of aryl methyl sites for hydroxylation is 1. The minimum atomic E-state index is -0.683. The molecular weight excluding hydrogens is 494 g/mol. The number of pyridine rings is 1. The lowest BCUT2D eigenvalue weighted by Crippen LogP contribution is -2.38. The summed E-state index contributed by atoms with van der Waals surface area (Å²) in [6.07, 6.45) is 4.55. The van der Waals surface area contributed by atoms with Gasteiger partial charge in [-0.15, -0.1) is 0 Å². The van der Waals surface area contributed by atoms with Crippen molar-refractivity contribution in [2.75, 3.05) is 23.3 Å². The van der Waals surface area contributed by atoms with Crippen LogP contribution < -0.4 is 15.9 Å². The number of H-pyrrole nitrogens is 1. The van der Waals surface area contributed by atoms with Crippen molar-refractivity contribution in [3.8, 4) is 5.69 Å². The highest BCUT2D eigenvalue weighted by Gasteiger charge is 2.27. The topological polar surface area (TPSA) is 118 Å². The lowest BCUT2D eigenvalue weighted by Gasteiger charge is -2.26. The molecule has 0 amide bonds. The average Bonchev–Trinajstić information content (AvgIpc) is 3.24. The molecule has 0 saturated carbocycles.